The summed E-state index contributed by atoms with van der Waals surface area (Å²) in [5, 5.41) is 3.00. The number of alkyl carbamates (subject to hydrolysis) is 1. The van der Waals surface area contributed by atoms with E-state index in [4.69, 9.17) is 14.2 Å². The topological polar surface area (TPSA) is 107 Å². The first-order valence-electron chi connectivity index (χ1n) is 10.8. The van der Waals surface area contributed by atoms with Crippen molar-refractivity contribution in [2.75, 3.05) is 18.1 Å². The maximum Gasteiger partial charge on any atom is 0.416 e. The Morgan fingerprint density at radius 2 is 1.69 bits per heavy atom. The average Bonchev–Trinajstić information content (AvgIpc) is 2.97. The van der Waals surface area contributed by atoms with Gasteiger partial charge in [0, 0.05) is 6.04 Å². The number of unbranched alkanes of at least 4 members (excludes halogenated alkanes) is 1. The standard InChI is InChI=1S/C22H37N3O6S/c1-10-11-12-29-17(26)16-15(3)24-18(32-16)25(20(28)31-22(7,8)9)13-14(2)23-19(27)30-21(4,5)6/h14H,10-13H2,1-9H3,(H,23,27). The third kappa shape index (κ3) is 9.84. The van der Waals surface area contributed by atoms with Gasteiger partial charge in [-0.2, -0.15) is 0 Å². The number of thiazole rings is 1. The van der Waals surface area contributed by atoms with Crippen molar-refractivity contribution in [3.05, 3.63) is 10.6 Å². The molecule has 10 heteroatoms. The van der Waals surface area contributed by atoms with Gasteiger partial charge < -0.3 is 19.5 Å². The van der Waals surface area contributed by atoms with Gasteiger partial charge >= 0.3 is 18.2 Å². The molecule has 0 fully saturated rings. The Labute approximate surface area is 194 Å². The van der Waals surface area contributed by atoms with E-state index in [-0.39, 0.29) is 11.7 Å². The first-order chi connectivity index (χ1) is 14.6. The Kier molecular flexibility index (Phi) is 9.94. The second-order valence-electron chi connectivity index (χ2n) is 9.54. The smallest absolute Gasteiger partial charge is 0.416 e. The van der Waals surface area contributed by atoms with Crippen molar-refractivity contribution < 1.29 is 28.6 Å². The van der Waals surface area contributed by atoms with Crippen LogP contribution >= 0.6 is 11.3 Å². The molecule has 0 aromatic carbocycles. The summed E-state index contributed by atoms with van der Waals surface area (Å²) in [5.41, 5.74) is -0.910. The molecule has 0 saturated heterocycles. The van der Waals surface area contributed by atoms with Gasteiger partial charge in [-0.05, 0) is 61.8 Å². The van der Waals surface area contributed by atoms with Crippen LogP contribution in [0.5, 0.6) is 0 Å². The zero-order valence-electron chi connectivity index (χ0n) is 20.7. The summed E-state index contributed by atoms with van der Waals surface area (Å²) >= 11 is 1.05. The van der Waals surface area contributed by atoms with Crippen molar-refractivity contribution in [2.45, 2.75) is 92.4 Å². The molecule has 0 aliphatic carbocycles. The third-order valence-corrected chi connectivity index (χ3v) is 4.93. The van der Waals surface area contributed by atoms with Crippen LogP contribution in [0.15, 0.2) is 0 Å². The highest BCUT2D eigenvalue weighted by molar-refractivity contribution is 7.17. The van der Waals surface area contributed by atoms with Crippen LogP contribution in [0.2, 0.25) is 0 Å². The summed E-state index contributed by atoms with van der Waals surface area (Å²) in [4.78, 5) is 43.5. The normalized spacial score (nSPS) is 12.7. The fourth-order valence-corrected chi connectivity index (χ4v) is 3.40. The first kappa shape index (κ1) is 27.7. The molecule has 1 atom stereocenters. The van der Waals surface area contributed by atoms with Gasteiger partial charge in [0.2, 0.25) is 0 Å². The zero-order valence-corrected chi connectivity index (χ0v) is 21.5. The molecule has 0 saturated carbocycles. The van der Waals surface area contributed by atoms with Gasteiger partial charge in [-0.15, -0.1) is 0 Å². The molecule has 0 spiro atoms. The van der Waals surface area contributed by atoms with Crippen LogP contribution in [0, 0.1) is 6.92 Å². The Morgan fingerprint density at radius 1 is 1.09 bits per heavy atom. The number of nitrogens with zero attached hydrogens (tertiary/aromatic N) is 2. The Balaban J connectivity index is 3.07. The number of carbonyl (C=O) groups excluding carboxylic acids is 3. The quantitative estimate of drug-likeness (QED) is 0.321. The molecule has 0 aliphatic rings. The van der Waals surface area contributed by atoms with Gasteiger partial charge in [0.1, 0.15) is 16.1 Å². The van der Waals surface area contributed by atoms with E-state index in [2.05, 4.69) is 10.3 Å². The molecule has 0 aliphatic heterocycles. The van der Waals surface area contributed by atoms with Gasteiger partial charge in [-0.25, -0.2) is 19.4 Å². The largest absolute Gasteiger partial charge is 0.461 e. The maximum absolute atomic E-state index is 12.9. The monoisotopic (exact) mass is 471 g/mol. The van der Waals surface area contributed by atoms with E-state index in [1.54, 1.807) is 55.4 Å². The minimum Gasteiger partial charge on any atom is -0.461 e. The molecule has 9 nitrogen and oxygen atoms in total. The zero-order chi connectivity index (χ0) is 24.7. The Morgan fingerprint density at radius 3 is 2.22 bits per heavy atom. The molecule has 1 rings (SSSR count). The highest BCUT2D eigenvalue weighted by Crippen LogP contribution is 2.28. The van der Waals surface area contributed by atoms with E-state index in [0.717, 1.165) is 24.2 Å². The lowest BCUT2D eigenvalue weighted by atomic mass is 10.2. The second kappa shape index (κ2) is 11.5. The molecular weight excluding hydrogens is 434 g/mol. The molecule has 0 radical (unpaired) electrons. The van der Waals surface area contributed by atoms with E-state index in [1.165, 1.54) is 4.90 Å². The average molecular weight is 472 g/mol. The number of ether oxygens (including phenoxy) is 3. The summed E-state index contributed by atoms with van der Waals surface area (Å²) in [6.07, 6.45) is 0.461. The summed E-state index contributed by atoms with van der Waals surface area (Å²) < 4.78 is 16.1. The SMILES string of the molecule is CCCCOC(=O)c1sc(N(CC(C)NC(=O)OC(C)(C)C)C(=O)OC(C)(C)C)nc1C. The van der Waals surface area contributed by atoms with Crippen LogP contribution < -0.4 is 10.2 Å². The molecule has 182 valence electrons. The van der Waals surface area contributed by atoms with Crippen molar-refractivity contribution in [2.24, 2.45) is 0 Å². The van der Waals surface area contributed by atoms with Crippen molar-refractivity contribution in [3.63, 3.8) is 0 Å². The van der Waals surface area contributed by atoms with E-state index in [0.29, 0.717) is 17.2 Å². The molecular formula is C22H37N3O6S. The summed E-state index contributed by atoms with van der Waals surface area (Å²) in [7, 11) is 0. The lowest BCUT2D eigenvalue weighted by Crippen LogP contribution is -2.47. The van der Waals surface area contributed by atoms with E-state index in [1.807, 2.05) is 6.92 Å². The molecule has 1 unspecified atom stereocenters. The Hall–Kier alpha value is -2.36. The Bertz CT molecular complexity index is 795. The molecule has 1 N–H and O–H groups in total. The predicted molar refractivity (Wildman–Crippen MR) is 124 cm³/mol. The minimum atomic E-state index is -0.731. The number of nitrogens with one attached hydrogen (secondary N) is 1. The number of hydrogen-bond acceptors (Lipinski definition) is 8. The number of esters is 1. The van der Waals surface area contributed by atoms with Gasteiger partial charge in [-0.1, -0.05) is 24.7 Å². The van der Waals surface area contributed by atoms with Crippen LogP contribution in [-0.4, -0.2) is 53.5 Å². The van der Waals surface area contributed by atoms with E-state index < -0.39 is 35.4 Å². The van der Waals surface area contributed by atoms with Crippen LogP contribution in [0.4, 0.5) is 14.7 Å². The fourth-order valence-electron chi connectivity index (χ4n) is 2.44. The van der Waals surface area contributed by atoms with E-state index in [9.17, 15) is 14.4 Å². The number of aryl methyl sites for hydroxylation is 1. The minimum absolute atomic E-state index is 0.0748. The van der Waals surface area contributed by atoms with Gasteiger partial charge in [0.15, 0.2) is 5.13 Å². The highest BCUT2D eigenvalue weighted by Gasteiger charge is 2.30. The number of carbonyl (C=O) groups is 3. The lowest BCUT2D eigenvalue weighted by Gasteiger charge is -2.28. The van der Waals surface area contributed by atoms with Crippen LogP contribution in [-0.2, 0) is 14.2 Å². The van der Waals surface area contributed by atoms with Crippen molar-refractivity contribution in [1.29, 1.82) is 0 Å². The van der Waals surface area contributed by atoms with Crippen molar-refractivity contribution >= 4 is 34.6 Å². The molecule has 32 heavy (non-hydrogen) atoms. The number of aromatic nitrogens is 1. The number of rotatable bonds is 8. The maximum atomic E-state index is 12.9. The van der Waals surface area contributed by atoms with Crippen LogP contribution in [0.3, 0.4) is 0 Å². The molecule has 1 aromatic rings. The number of hydrogen-bond donors (Lipinski definition) is 1. The third-order valence-electron chi connectivity index (χ3n) is 3.77. The van der Waals surface area contributed by atoms with Gasteiger partial charge in [-0.3, -0.25) is 4.90 Å². The summed E-state index contributed by atoms with van der Waals surface area (Å²) in [6.45, 7) is 16.4. The first-order valence-corrected chi connectivity index (χ1v) is 11.6. The predicted octanol–water partition coefficient (Wildman–Crippen LogP) is 5.06. The van der Waals surface area contributed by atoms with Crippen molar-refractivity contribution in [3.8, 4) is 0 Å². The molecule has 0 bridgehead atoms. The number of amides is 2. The van der Waals surface area contributed by atoms with Crippen LogP contribution in [0.25, 0.3) is 0 Å². The fraction of sp³-hybridized carbons (Fsp3) is 0.727. The lowest BCUT2D eigenvalue weighted by molar-refractivity contribution is 0.0489. The van der Waals surface area contributed by atoms with Crippen LogP contribution in [0.1, 0.15) is 83.6 Å². The number of anilines is 1. The summed E-state index contributed by atoms with van der Waals surface area (Å²) in [6, 6.07) is -0.471. The summed E-state index contributed by atoms with van der Waals surface area (Å²) in [5.74, 6) is -0.469. The molecule has 2 amide bonds. The van der Waals surface area contributed by atoms with Gasteiger partial charge in [0.05, 0.1) is 18.8 Å². The van der Waals surface area contributed by atoms with Gasteiger partial charge in [0.25, 0.3) is 0 Å². The van der Waals surface area contributed by atoms with Crippen molar-refractivity contribution in [1.82, 2.24) is 10.3 Å². The van der Waals surface area contributed by atoms with E-state index >= 15 is 0 Å². The second-order valence-corrected chi connectivity index (χ2v) is 10.5. The highest BCUT2D eigenvalue weighted by atomic mass is 32.1. The molecule has 1 heterocycles. The molecule has 1 aromatic heterocycles.